The number of aliphatic hydroxyl groups is 1. The lowest BCUT2D eigenvalue weighted by molar-refractivity contribution is 0.184. The van der Waals surface area contributed by atoms with Crippen LogP contribution in [0.2, 0.25) is 0 Å². The average Bonchev–Trinajstić information content (AvgIpc) is 2.74. The second-order valence-electron chi connectivity index (χ2n) is 4.03. The van der Waals surface area contributed by atoms with E-state index in [2.05, 4.69) is 24.3 Å². The third-order valence-electron chi connectivity index (χ3n) is 2.43. The minimum atomic E-state index is -0.0670. The lowest BCUT2D eigenvalue weighted by atomic mass is 10.2. The van der Waals surface area contributed by atoms with E-state index in [-0.39, 0.29) is 12.6 Å². The second kappa shape index (κ2) is 6.62. The molecule has 0 aromatic carbocycles. The topological polar surface area (TPSA) is 59.3 Å². The van der Waals surface area contributed by atoms with Crippen molar-refractivity contribution in [3.8, 4) is 0 Å². The third kappa shape index (κ3) is 3.59. The molecule has 0 fully saturated rings. The molecule has 0 spiro atoms. The van der Waals surface area contributed by atoms with Crippen molar-refractivity contribution in [2.75, 3.05) is 26.9 Å². The number of nitrogens with one attached hydrogen (secondary N) is 1. The van der Waals surface area contributed by atoms with E-state index in [9.17, 15) is 5.11 Å². The summed E-state index contributed by atoms with van der Waals surface area (Å²) in [5, 5.41) is 16.7. The zero-order valence-corrected chi connectivity index (χ0v) is 10.2. The molecule has 16 heavy (non-hydrogen) atoms. The predicted molar refractivity (Wildman–Crippen MR) is 62.3 cm³/mol. The van der Waals surface area contributed by atoms with E-state index in [0.717, 1.165) is 5.56 Å². The molecule has 5 nitrogen and oxygen atoms in total. The molecular weight excluding hydrogens is 206 g/mol. The van der Waals surface area contributed by atoms with Gasteiger partial charge in [0.15, 0.2) is 0 Å². The van der Waals surface area contributed by atoms with Crippen LogP contribution in [-0.2, 0) is 4.74 Å². The van der Waals surface area contributed by atoms with E-state index in [1.807, 2.05) is 10.9 Å². The van der Waals surface area contributed by atoms with Crippen molar-refractivity contribution in [2.45, 2.75) is 25.9 Å². The van der Waals surface area contributed by atoms with Crippen LogP contribution in [0.3, 0.4) is 0 Å². The van der Waals surface area contributed by atoms with Crippen LogP contribution in [0.15, 0.2) is 12.4 Å². The average molecular weight is 227 g/mol. The molecule has 0 aliphatic rings. The monoisotopic (exact) mass is 227 g/mol. The van der Waals surface area contributed by atoms with Gasteiger partial charge in [-0.3, -0.25) is 4.68 Å². The Bertz CT molecular complexity index is 299. The molecule has 0 bridgehead atoms. The van der Waals surface area contributed by atoms with Crippen LogP contribution in [0.1, 0.15) is 31.5 Å². The molecule has 0 saturated heterocycles. The Hall–Kier alpha value is -0.910. The standard InChI is InChI=1S/C11H21N3O2/c1-9(2)14-7-10(6-13-14)11(8-15)12-4-5-16-3/h6-7,9,11-12,15H,4-5,8H2,1-3H3. The van der Waals surface area contributed by atoms with Gasteiger partial charge in [0.2, 0.25) is 0 Å². The molecule has 1 atom stereocenters. The molecule has 0 saturated carbocycles. The fraction of sp³-hybridized carbons (Fsp3) is 0.727. The van der Waals surface area contributed by atoms with Gasteiger partial charge in [0.1, 0.15) is 0 Å². The molecule has 1 aromatic rings. The van der Waals surface area contributed by atoms with Crippen molar-refractivity contribution in [1.29, 1.82) is 0 Å². The summed E-state index contributed by atoms with van der Waals surface area (Å²) in [5.74, 6) is 0. The van der Waals surface area contributed by atoms with Crippen LogP contribution in [-0.4, -0.2) is 41.8 Å². The molecule has 1 heterocycles. The largest absolute Gasteiger partial charge is 0.394 e. The molecule has 0 aliphatic carbocycles. The van der Waals surface area contributed by atoms with E-state index >= 15 is 0 Å². The Morgan fingerprint density at radius 1 is 1.56 bits per heavy atom. The number of methoxy groups -OCH3 is 1. The first-order valence-electron chi connectivity index (χ1n) is 5.56. The fourth-order valence-corrected chi connectivity index (χ4v) is 1.44. The summed E-state index contributed by atoms with van der Waals surface area (Å²) in [7, 11) is 1.66. The molecule has 1 unspecified atom stereocenters. The number of hydrogen-bond acceptors (Lipinski definition) is 4. The molecule has 1 rings (SSSR count). The van der Waals surface area contributed by atoms with Gasteiger partial charge in [-0.25, -0.2) is 0 Å². The number of rotatable bonds is 7. The summed E-state index contributed by atoms with van der Waals surface area (Å²) in [4.78, 5) is 0. The van der Waals surface area contributed by atoms with Crippen LogP contribution in [0.5, 0.6) is 0 Å². The van der Waals surface area contributed by atoms with Gasteiger partial charge < -0.3 is 15.2 Å². The van der Waals surface area contributed by atoms with E-state index in [1.165, 1.54) is 0 Å². The highest BCUT2D eigenvalue weighted by atomic mass is 16.5. The predicted octanol–water partition coefficient (Wildman–Crippen LogP) is 0.733. The Morgan fingerprint density at radius 2 is 2.31 bits per heavy atom. The summed E-state index contributed by atoms with van der Waals surface area (Å²) in [6, 6.07) is 0.273. The van der Waals surface area contributed by atoms with Crippen molar-refractivity contribution < 1.29 is 9.84 Å². The van der Waals surface area contributed by atoms with Crippen LogP contribution in [0.4, 0.5) is 0 Å². The van der Waals surface area contributed by atoms with Gasteiger partial charge in [0.25, 0.3) is 0 Å². The maximum Gasteiger partial charge on any atom is 0.0627 e. The summed E-state index contributed by atoms with van der Waals surface area (Å²) >= 11 is 0. The number of nitrogens with zero attached hydrogens (tertiary/aromatic N) is 2. The second-order valence-corrected chi connectivity index (χ2v) is 4.03. The highest BCUT2D eigenvalue weighted by Gasteiger charge is 2.12. The van der Waals surface area contributed by atoms with E-state index in [4.69, 9.17) is 4.74 Å². The number of ether oxygens (including phenoxy) is 1. The van der Waals surface area contributed by atoms with E-state index in [1.54, 1.807) is 13.3 Å². The van der Waals surface area contributed by atoms with Gasteiger partial charge in [-0.05, 0) is 13.8 Å². The highest BCUT2D eigenvalue weighted by molar-refractivity contribution is 5.10. The number of aliphatic hydroxyl groups excluding tert-OH is 1. The number of aromatic nitrogens is 2. The summed E-state index contributed by atoms with van der Waals surface area (Å²) in [6.07, 6.45) is 3.76. The van der Waals surface area contributed by atoms with Crippen LogP contribution in [0.25, 0.3) is 0 Å². The maximum absolute atomic E-state index is 9.29. The molecule has 0 radical (unpaired) electrons. The molecule has 92 valence electrons. The zero-order chi connectivity index (χ0) is 12.0. The van der Waals surface area contributed by atoms with Crippen molar-refractivity contribution in [2.24, 2.45) is 0 Å². The van der Waals surface area contributed by atoms with Crippen molar-refractivity contribution in [1.82, 2.24) is 15.1 Å². The summed E-state index contributed by atoms with van der Waals surface area (Å²) in [5.41, 5.74) is 1.01. The Morgan fingerprint density at radius 3 is 2.81 bits per heavy atom. The lowest BCUT2D eigenvalue weighted by Crippen LogP contribution is -2.27. The SMILES string of the molecule is COCCNC(CO)c1cnn(C(C)C)c1. The Kier molecular flexibility index (Phi) is 5.45. The van der Waals surface area contributed by atoms with Gasteiger partial charge in [0, 0.05) is 31.5 Å². The first kappa shape index (κ1) is 13.2. The summed E-state index contributed by atoms with van der Waals surface area (Å²) in [6.45, 7) is 5.56. The van der Waals surface area contributed by atoms with Crippen LogP contribution < -0.4 is 5.32 Å². The van der Waals surface area contributed by atoms with Crippen LogP contribution in [0, 0.1) is 0 Å². The van der Waals surface area contributed by atoms with E-state index < -0.39 is 0 Å². The van der Waals surface area contributed by atoms with Gasteiger partial charge in [-0.2, -0.15) is 5.10 Å². The normalized spacial score (nSPS) is 13.3. The number of hydrogen-bond donors (Lipinski definition) is 2. The minimum absolute atomic E-state index is 0.0630. The lowest BCUT2D eigenvalue weighted by Gasteiger charge is -2.14. The Labute approximate surface area is 96.4 Å². The summed E-state index contributed by atoms with van der Waals surface area (Å²) < 4.78 is 6.84. The highest BCUT2D eigenvalue weighted by Crippen LogP contribution is 2.13. The first-order chi connectivity index (χ1) is 7.69. The molecule has 2 N–H and O–H groups in total. The first-order valence-corrected chi connectivity index (χ1v) is 5.56. The molecule has 0 aliphatic heterocycles. The molecular formula is C11H21N3O2. The van der Waals surface area contributed by atoms with Gasteiger partial charge in [0.05, 0.1) is 25.5 Å². The maximum atomic E-state index is 9.29. The van der Waals surface area contributed by atoms with Crippen LogP contribution >= 0.6 is 0 Å². The van der Waals surface area contributed by atoms with E-state index in [0.29, 0.717) is 19.2 Å². The molecule has 5 heteroatoms. The molecule has 0 amide bonds. The quantitative estimate of drug-likeness (QED) is 0.674. The van der Waals surface area contributed by atoms with Crippen molar-refractivity contribution >= 4 is 0 Å². The third-order valence-corrected chi connectivity index (χ3v) is 2.43. The molecule has 1 aromatic heterocycles. The van der Waals surface area contributed by atoms with Gasteiger partial charge in [-0.15, -0.1) is 0 Å². The fourth-order valence-electron chi connectivity index (χ4n) is 1.44. The van der Waals surface area contributed by atoms with Gasteiger partial charge in [-0.1, -0.05) is 0 Å². The minimum Gasteiger partial charge on any atom is -0.394 e. The van der Waals surface area contributed by atoms with Crippen molar-refractivity contribution in [3.63, 3.8) is 0 Å². The smallest absolute Gasteiger partial charge is 0.0627 e. The zero-order valence-electron chi connectivity index (χ0n) is 10.2. The Balaban J connectivity index is 2.56. The van der Waals surface area contributed by atoms with Gasteiger partial charge >= 0.3 is 0 Å². The van der Waals surface area contributed by atoms with Crippen molar-refractivity contribution in [3.05, 3.63) is 18.0 Å².